The predicted molar refractivity (Wildman–Crippen MR) is 68.7 cm³/mol. The first-order chi connectivity index (χ1) is 7.93. The topological polar surface area (TPSA) is 74.8 Å². The van der Waals surface area contributed by atoms with Gasteiger partial charge in [0.1, 0.15) is 5.56 Å². The molecule has 0 aliphatic heterocycles. The number of likely N-dealkylation sites (N-methyl/N-ethyl adjacent to an activating group) is 1. The second-order valence-electron chi connectivity index (χ2n) is 4.05. The Hall–Kier alpha value is -1.47. The van der Waals surface area contributed by atoms with E-state index in [1.54, 1.807) is 7.05 Å². The van der Waals surface area contributed by atoms with Gasteiger partial charge in [-0.1, -0.05) is 0 Å². The van der Waals surface area contributed by atoms with Crippen LogP contribution in [0, 0.1) is 4.77 Å². The Bertz CT molecular complexity index is 530. The van der Waals surface area contributed by atoms with E-state index in [-0.39, 0.29) is 16.2 Å². The van der Waals surface area contributed by atoms with Crippen LogP contribution in [0.2, 0.25) is 0 Å². The van der Waals surface area contributed by atoms with Crippen molar-refractivity contribution in [2.75, 3.05) is 27.2 Å². The summed E-state index contributed by atoms with van der Waals surface area (Å²) in [5.74, 6) is -0.167. The third-order valence-electron chi connectivity index (χ3n) is 2.29. The number of aromatic amines is 1. The maximum Gasteiger partial charge on any atom is 0.264 e. The summed E-state index contributed by atoms with van der Waals surface area (Å²) >= 11 is 4.86. The lowest BCUT2D eigenvalue weighted by atomic mass is 10.3. The van der Waals surface area contributed by atoms with E-state index >= 15 is 0 Å². The Balaban J connectivity index is 2.96. The van der Waals surface area contributed by atoms with Gasteiger partial charge in [0.15, 0.2) is 4.77 Å². The number of hydrogen-bond donors (Lipinski definition) is 3. The molecule has 0 unspecified atom stereocenters. The highest BCUT2D eigenvalue weighted by Gasteiger charge is 2.07. The number of hydrogen-bond acceptors (Lipinski definition) is 4. The molecule has 1 aromatic rings. The molecular weight excluding hydrogens is 240 g/mol. The number of aromatic hydroxyl groups is 1. The normalized spacial score (nSPS) is 11.5. The number of aromatic nitrogens is 2. The van der Waals surface area contributed by atoms with Crippen LogP contribution in [0.15, 0.2) is 9.79 Å². The average Bonchev–Trinajstić information content (AvgIpc) is 2.24. The summed E-state index contributed by atoms with van der Waals surface area (Å²) in [6.07, 6.45) is 1.38. The minimum absolute atomic E-state index is 0.134. The first-order valence-electron chi connectivity index (χ1n) is 5.24. The fourth-order valence-electron chi connectivity index (χ4n) is 1.19. The van der Waals surface area contributed by atoms with Crippen LogP contribution in [0.4, 0.5) is 0 Å². The zero-order valence-electron chi connectivity index (χ0n) is 10.1. The van der Waals surface area contributed by atoms with Gasteiger partial charge in [-0.05, 0) is 12.2 Å². The molecule has 0 saturated heterocycles. The van der Waals surface area contributed by atoms with Gasteiger partial charge in [-0.3, -0.25) is 19.3 Å². The molecule has 94 valence electrons. The van der Waals surface area contributed by atoms with Crippen molar-refractivity contribution in [2.24, 2.45) is 12.0 Å². The van der Waals surface area contributed by atoms with Crippen LogP contribution < -0.4 is 10.5 Å². The quantitative estimate of drug-likeness (QED) is 0.464. The monoisotopic (exact) mass is 257 g/mol. The zero-order valence-corrected chi connectivity index (χ0v) is 11.0. The lowest BCUT2D eigenvalue weighted by Gasteiger charge is -2.05. The van der Waals surface area contributed by atoms with Crippen LogP contribution in [0.3, 0.4) is 0 Å². The van der Waals surface area contributed by atoms with E-state index in [4.69, 9.17) is 12.2 Å². The molecule has 0 bridgehead atoms. The molecule has 0 amide bonds. The number of nitrogens with one attached hydrogen (secondary N) is 2. The summed E-state index contributed by atoms with van der Waals surface area (Å²) in [6.45, 7) is 1.46. The Labute approximate surface area is 104 Å². The maximum atomic E-state index is 11.5. The highest BCUT2D eigenvalue weighted by atomic mass is 32.1. The second-order valence-corrected chi connectivity index (χ2v) is 4.43. The molecule has 0 radical (unpaired) electrons. The van der Waals surface area contributed by atoms with Gasteiger partial charge in [0, 0.05) is 13.3 Å². The van der Waals surface area contributed by atoms with Gasteiger partial charge in [-0.25, -0.2) is 0 Å². The van der Waals surface area contributed by atoms with Crippen molar-refractivity contribution in [3.05, 3.63) is 20.7 Å². The Morgan fingerprint density at radius 2 is 2.24 bits per heavy atom. The molecule has 1 rings (SSSR count). The van der Waals surface area contributed by atoms with Gasteiger partial charge >= 0.3 is 0 Å². The Morgan fingerprint density at radius 3 is 2.82 bits per heavy atom. The highest BCUT2D eigenvalue weighted by molar-refractivity contribution is 7.71. The van der Waals surface area contributed by atoms with Crippen LogP contribution in [0.5, 0.6) is 5.88 Å². The van der Waals surface area contributed by atoms with E-state index < -0.39 is 5.56 Å². The molecular formula is C10H17N4O2S+. The van der Waals surface area contributed by atoms with Gasteiger partial charge < -0.3 is 10.0 Å². The van der Waals surface area contributed by atoms with Gasteiger partial charge in [0.2, 0.25) is 5.88 Å². The van der Waals surface area contributed by atoms with E-state index in [2.05, 4.69) is 9.98 Å². The first-order valence-corrected chi connectivity index (χ1v) is 5.65. The minimum Gasteiger partial charge on any atom is -0.494 e. The largest absolute Gasteiger partial charge is 0.494 e. The maximum absolute atomic E-state index is 11.5. The third kappa shape index (κ3) is 3.50. The molecule has 0 spiro atoms. The van der Waals surface area contributed by atoms with E-state index in [0.29, 0.717) is 6.54 Å². The third-order valence-corrected chi connectivity index (χ3v) is 2.67. The molecule has 1 aromatic heterocycles. The molecule has 0 aliphatic rings. The second kappa shape index (κ2) is 5.74. The molecule has 6 nitrogen and oxygen atoms in total. The minimum atomic E-state index is -0.424. The SMILES string of the molecule is Cn1c(O)c(C=NCC[NH+](C)C)c(=O)[nH]c1=S. The number of rotatable bonds is 4. The Kier molecular flexibility index (Phi) is 4.59. The Morgan fingerprint density at radius 1 is 1.59 bits per heavy atom. The van der Waals surface area contributed by atoms with Crippen LogP contribution in [0.25, 0.3) is 0 Å². The van der Waals surface area contributed by atoms with E-state index in [1.807, 2.05) is 14.1 Å². The summed E-state index contributed by atoms with van der Waals surface area (Å²) in [7, 11) is 5.62. The van der Waals surface area contributed by atoms with Crippen LogP contribution in [-0.2, 0) is 7.05 Å². The summed E-state index contributed by atoms with van der Waals surface area (Å²) < 4.78 is 1.51. The molecule has 7 heteroatoms. The van der Waals surface area contributed by atoms with Crippen LogP contribution in [0.1, 0.15) is 5.56 Å². The van der Waals surface area contributed by atoms with E-state index in [0.717, 1.165) is 6.54 Å². The molecule has 0 saturated carbocycles. The van der Waals surface area contributed by atoms with Crippen molar-refractivity contribution in [1.29, 1.82) is 0 Å². The van der Waals surface area contributed by atoms with Crippen molar-refractivity contribution in [2.45, 2.75) is 0 Å². The average molecular weight is 257 g/mol. The van der Waals surface area contributed by atoms with Gasteiger partial charge in [0.05, 0.1) is 27.2 Å². The molecule has 1 heterocycles. The van der Waals surface area contributed by atoms with Crippen LogP contribution in [-0.4, -0.2) is 48.1 Å². The smallest absolute Gasteiger partial charge is 0.264 e. The molecule has 3 N–H and O–H groups in total. The summed E-state index contributed by atoms with van der Waals surface area (Å²) in [4.78, 5) is 19.4. The molecule has 0 atom stereocenters. The predicted octanol–water partition coefficient (Wildman–Crippen LogP) is -1.29. The molecule has 17 heavy (non-hydrogen) atoms. The molecule has 0 fully saturated rings. The van der Waals surface area contributed by atoms with Crippen molar-refractivity contribution in [3.63, 3.8) is 0 Å². The zero-order chi connectivity index (χ0) is 13.0. The number of H-pyrrole nitrogens is 1. The number of aliphatic imine (C=N–C) groups is 1. The van der Waals surface area contributed by atoms with Crippen molar-refractivity contribution >= 4 is 18.4 Å². The first kappa shape index (κ1) is 13.6. The lowest BCUT2D eigenvalue weighted by Crippen LogP contribution is -3.06. The molecule has 0 aromatic carbocycles. The standard InChI is InChI=1S/C10H16N4O2S/c1-13(2)5-4-11-6-7-8(15)12-10(17)14(3)9(7)16/h6,16H,4-5H2,1-3H3,(H,12,15,17)/p+1. The number of quaternary nitrogens is 1. The van der Waals surface area contributed by atoms with Crippen molar-refractivity contribution in [1.82, 2.24) is 9.55 Å². The highest BCUT2D eigenvalue weighted by Crippen LogP contribution is 2.08. The molecule has 0 aliphatic carbocycles. The summed E-state index contributed by atoms with van der Waals surface area (Å²) in [6, 6.07) is 0. The van der Waals surface area contributed by atoms with Crippen molar-refractivity contribution in [3.8, 4) is 5.88 Å². The van der Waals surface area contributed by atoms with Crippen molar-refractivity contribution < 1.29 is 10.0 Å². The van der Waals surface area contributed by atoms with Gasteiger partial charge in [0.25, 0.3) is 5.56 Å². The van der Waals surface area contributed by atoms with E-state index in [9.17, 15) is 9.90 Å². The summed E-state index contributed by atoms with van der Waals surface area (Å²) in [5.41, 5.74) is -0.290. The van der Waals surface area contributed by atoms with Gasteiger partial charge in [-0.15, -0.1) is 0 Å². The van der Waals surface area contributed by atoms with E-state index in [1.165, 1.54) is 15.7 Å². The number of nitrogens with zero attached hydrogens (tertiary/aromatic N) is 2. The van der Waals surface area contributed by atoms with Gasteiger partial charge in [-0.2, -0.15) is 0 Å². The fourth-order valence-corrected chi connectivity index (χ4v) is 1.37. The summed E-state index contributed by atoms with van der Waals surface area (Å²) in [5, 5.41) is 9.75. The van der Waals surface area contributed by atoms with Crippen LogP contribution >= 0.6 is 12.2 Å². The fraction of sp³-hybridized carbons (Fsp3) is 0.500. The lowest BCUT2D eigenvalue weighted by molar-refractivity contribution is -0.856.